The fourth-order valence-electron chi connectivity index (χ4n) is 3.88. The van der Waals surface area contributed by atoms with Gasteiger partial charge in [-0.3, -0.25) is 9.59 Å². The van der Waals surface area contributed by atoms with Gasteiger partial charge in [-0.05, 0) is 70.6 Å². The summed E-state index contributed by atoms with van der Waals surface area (Å²) in [4.78, 5) is 24.0. The second kappa shape index (κ2) is 31.1. The topological polar surface area (TPSA) is 72.8 Å². The van der Waals surface area contributed by atoms with Crippen molar-refractivity contribution in [2.75, 3.05) is 13.2 Å². The third-order valence-electron chi connectivity index (χ3n) is 6.30. The number of rotatable bonds is 27. The van der Waals surface area contributed by atoms with Gasteiger partial charge in [-0.2, -0.15) is 0 Å². The molecule has 0 bridgehead atoms. The van der Waals surface area contributed by atoms with Crippen LogP contribution in [0.4, 0.5) is 0 Å². The lowest BCUT2D eigenvalue weighted by Gasteiger charge is -2.15. The number of aliphatic hydroxyl groups excluding tert-OH is 1. The van der Waals surface area contributed by atoms with Crippen LogP contribution in [0, 0.1) is 0 Å². The van der Waals surface area contributed by atoms with E-state index < -0.39 is 6.10 Å². The molecule has 1 N–H and O–H groups in total. The minimum absolute atomic E-state index is 0.0899. The van der Waals surface area contributed by atoms with E-state index in [1.165, 1.54) is 32.1 Å². The van der Waals surface area contributed by atoms with Crippen molar-refractivity contribution in [2.24, 2.45) is 0 Å². The molecule has 0 spiro atoms. The number of hydrogen-bond donors (Lipinski definition) is 1. The minimum atomic E-state index is -0.795. The van der Waals surface area contributed by atoms with Gasteiger partial charge in [-0.1, -0.05) is 107 Å². The van der Waals surface area contributed by atoms with E-state index >= 15 is 0 Å². The van der Waals surface area contributed by atoms with Gasteiger partial charge in [0, 0.05) is 12.8 Å². The zero-order chi connectivity index (χ0) is 29.4. The zero-order valence-electron chi connectivity index (χ0n) is 25.6. The van der Waals surface area contributed by atoms with Gasteiger partial charge in [0.25, 0.3) is 0 Å². The van der Waals surface area contributed by atoms with E-state index in [-0.39, 0.29) is 25.2 Å². The first-order valence-corrected chi connectivity index (χ1v) is 15.8. The molecule has 1 atom stereocenters. The highest BCUT2D eigenvalue weighted by Crippen LogP contribution is 2.10. The second-order valence-corrected chi connectivity index (χ2v) is 10.1. The van der Waals surface area contributed by atoms with Gasteiger partial charge in [0.1, 0.15) is 6.61 Å². The molecule has 5 nitrogen and oxygen atoms in total. The van der Waals surface area contributed by atoms with E-state index in [1.807, 2.05) is 0 Å². The van der Waals surface area contributed by atoms with Crippen LogP contribution in [0.3, 0.4) is 0 Å². The third-order valence-corrected chi connectivity index (χ3v) is 6.30. The normalized spacial score (nSPS) is 13.0. The Morgan fingerprint density at radius 1 is 0.600 bits per heavy atom. The summed E-state index contributed by atoms with van der Waals surface area (Å²) in [5, 5.41) is 9.47. The highest BCUT2D eigenvalue weighted by atomic mass is 16.6. The summed E-state index contributed by atoms with van der Waals surface area (Å²) in [5.74, 6) is -0.660. The number of unbranched alkanes of at least 4 members (excludes halogenated alkanes) is 9. The van der Waals surface area contributed by atoms with Crippen LogP contribution < -0.4 is 0 Å². The predicted molar refractivity (Wildman–Crippen MR) is 168 cm³/mol. The molecule has 5 heteroatoms. The van der Waals surface area contributed by atoms with Gasteiger partial charge in [-0.25, -0.2) is 0 Å². The Hall–Kier alpha value is -2.40. The van der Waals surface area contributed by atoms with Crippen LogP contribution in [-0.2, 0) is 19.1 Å². The summed E-state index contributed by atoms with van der Waals surface area (Å²) in [6.07, 6.45) is 38.4. The summed E-state index contributed by atoms with van der Waals surface area (Å²) < 4.78 is 10.5. The third kappa shape index (κ3) is 28.6. The smallest absolute Gasteiger partial charge is 0.306 e. The molecule has 0 unspecified atom stereocenters. The molecular weight excluding hydrogens is 500 g/mol. The summed E-state index contributed by atoms with van der Waals surface area (Å²) in [7, 11) is 0. The summed E-state index contributed by atoms with van der Waals surface area (Å²) in [6, 6.07) is 0. The average Bonchev–Trinajstić information content (AvgIpc) is 2.96. The molecule has 0 aromatic carbocycles. The molecule has 0 saturated carbocycles. The molecule has 0 aliphatic rings. The lowest BCUT2D eigenvalue weighted by Crippen LogP contribution is -2.28. The van der Waals surface area contributed by atoms with Gasteiger partial charge in [0.2, 0.25) is 0 Å². The van der Waals surface area contributed by atoms with Crippen LogP contribution in [0.25, 0.3) is 0 Å². The number of aliphatic hydroxyl groups is 1. The molecule has 0 fully saturated rings. The highest BCUT2D eigenvalue weighted by molar-refractivity contribution is 5.70. The van der Waals surface area contributed by atoms with Crippen molar-refractivity contribution in [3.63, 3.8) is 0 Å². The van der Waals surface area contributed by atoms with Crippen molar-refractivity contribution in [2.45, 2.75) is 136 Å². The summed E-state index contributed by atoms with van der Waals surface area (Å²) in [5.41, 5.74) is 0. The Balaban J connectivity index is 3.73. The number of allylic oxidation sites excluding steroid dienone is 10. The highest BCUT2D eigenvalue weighted by Gasteiger charge is 2.15. The van der Waals surface area contributed by atoms with Gasteiger partial charge < -0.3 is 14.6 Å². The van der Waals surface area contributed by atoms with Gasteiger partial charge in [-0.15, -0.1) is 0 Å². The zero-order valence-corrected chi connectivity index (χ0v) is 25.6. The van der Waals surface area contributed by atoms with Crippen LogP contribution in [0.15, 0.2) is 60.8 Å². The van der Waals surface area contributed by atoms with E-state index in [9.17, 15) is 14.7 Å². The molecule has 40 heavy (non-hydrogen) atoms. The lowest BCUT2D eigenvalue weighted by molar-refractivity contribution is -0.161. The molecule has 0 aliphatic carbocycles. The average molecular weight is 559 g/mol. The molecule has 0 aliphatic heterocycles. The Bertz CT molecular complexity index is 732. The van der Waals surface area contributed by atoms with Crippen LogP contribution >= 0.6 is 0 Å². The molecule has 0 amide bonds. The summed E-state index contributed by atoms with van der Waals surface area (Å²) in [6.45, 7) is 3.91. The maximum atomic E-state index is 12.1. The number of esters is 2. The van der Waals surface area contributed by atoms with Crippen LogP contribution in [0.1, 0.15) is 129 Å². The van der Waals surface area contributed by atoms with Crippen LogP contribution in [0.5, 0.6) is 0 Å². The van der Waals surface area contributed by atoms with Crippen molar-refractivity contribution in [1.29, 1.82) is 0 Å². The van der Waals surface area contributed by atoms with E-state index in [0.29, 0.717) is 12.8 Å². The quantitative estimate of drug-likeness (QED) is 0.0618. The monoisotopic (exact) mass is 558 g/mol. The minimum Gasteiger partial charge on any atom is -0.462 e. The SMILES string of the molecule is CCC=CCC=CCC=CCC=CCCCCC(=O)O[C@@H](CO)COC(=O)CCCCCCCC=CCCCC. The Kier molecular flexibility index (Phi) is 29.3. The first kappa shape index (κ1) is 37.6. The van der Waals surface area contributed by atoms with Gasteiger partial charge >= 0.3 is 11.9 Å². The van der Waals surface area contributed by atoms with Crippen molar-refractivity contribution in [3.05, 3.63) is 60.8 Å². The number of ether oxygens (including phenoxy) is 2. The molecule has 0 aromatic heterocycles. The second-order valence-electron chi connectivity index (χ2n) is 10.1. The van der Waals surface area contributed by atoms with E-state index in [0.717, 1.165) is 70.6 Å². The maximum absolute atomic E-state index is 12.1. The Morgan fingerprint density at radius 2 is 1.07 bits per heavy atom. The first-order valence-electron chi connectivity index (χ1n) is 15.8. The van der Waals surface area contributed by atoms with Crippen molar-refractivity contribution in [3.8, 4) is 0 Å². The fourth-order valence-corrected chi connectivity index (χ4v) is 3.88. The van der Waals surface area contributed by atoms with E-state index in [4.69, 9.17) is 9.47 Å². The van der Waals surface area contributed by atoms with Gasteiger partial charge in [0.05, 0.1) is 6.61 Å². The van der Waals surface area contributed by atoms with E-state index in [1.54, 1.807) is 0 Å². The standard InChI is InChI=1S/C35H58O5/c1-3-5-7-9-11-13-15-16-17-18-20-22-24-26-28-30-35(38)40-33(31-36)32-39-34(37)29-27-25-23-21-19-14-12-10-8-6-4-2/h5,7,10-13,16-17,20,22,33,36H,3-4,6,8-9,14-15,18-19,21,23-32H2,1-2H3/t33-/m0/s1. The molecule has 0 radical (unpaired) electrons. The predicted octanol–water partition coefficient (Wildman–Crippen LogP) is 9.28. The molecule has 0 aromatic rings. The number of hydrogen-bond acceptors (Lipinski definition) is 5. The molecule has 0 saturated heterocycles. The fraction of sp³-hybridized carbons (Fsp3) is 0.657. The molecular formula is C35H58O5. The van der Waals surface area contributed by atoms with E-state index in [2.05, 4.69) is 74.6 Å². The number of carbonyl (C=O) groups excluding carboxylic acids is 2. The van der Waals surface area contributed by atoms with Gasteiger partial charge in [0.15, 0.2) is 6.10 Å². The van der Waals surface area contributed by atoms with Crippen molar-refractivity contribution in [1.82, 2.24) is 0 Å². The van der Waals surface area contributed by atoms with Crippen LogP contribution in [0.2, 0.25) is 0 Å². The molecule has 228 valence electrons. The molecule has 0 heterocycles. The maximum Gasteiger partial charge on any atom is 0.306 e. The van der Waals surface area contributed by atoms with Crippen LogP contribution in [-0.4, -0.2) is 36.4 Å². The number of carbonyl (C=O) groups is 2. The largest absolute Gasteiger partial charge is 0.462 e. The Labute approximate surface area is 245 Å². The Morgan fingerprint density at radius 3 is 1.70 bits per heavy atom. The lowest BCUT2D eigenvalue weighted by atomic mass is 10.1. The first-order chi connectivity index (χ1) is 19.6. The van der Waals surface area contributed by atoms with Crippen molar-refractivity contribution >= 4 is 11.9 Å². The summed E-state index contributed by atoms with van der Waals surface area (Å²) >= 11 is 0. The molecule has 0 rings (SSSR count). The van der Waals surface area contributed by atoms with Crippen molar-refractivity contribution < 1.29 is 24.2 Å².